The van der Waals surface area contributed by atoms with Crippen molar-refractivity contribution in [2.45, 2.75) is 46.1 Å². The van der Waals surface area contributed by atoms with Gasteiger partial charge in [0.2, 0.25) is 5.91 Å². The van der Waals surface area contributed by atoms with Crippen molar-refractivity contribution in [1.29, 1.82) is 0 Å². The summed E-state index contributed by atoms with van der Waals surface area (Å²) in [5.74, 6) is 1.15. The van der Waals surface area contributed by atoms with Crippen LogP contribution < -0.4 is 15.0 Å². The topological polar surface area (TPSA) is 63.0 Å². The molecule has 1 heterocycles. The number of amides is 1. The number of hydrogen-bond donors (Lipinski definition) is 3. The van der Waals surface area contributed by atoms with E-state index in [9.17, 15) is 9.90 Å². The van der Waals surface area contributed by atoms with Crippen molar-refractivity contribution in [3.63, 3.8) is 0 Å². The van der Waals surface area contributed by atoms with Gasteiger partial charge >= 0.3 is 0 Å². The molecule has 1 aliphatic rings. The second-order valence-corrected chi connectivity index (χ2v) is 6.58. The van der Waals surface area contributed by atoms with E-state index in [0.29, 0.717) is 12.4 Å². The maximum atomic E-state index is 12.1. The molecule has 1 aromatic rings. The molecule has 2 rings (SSSR count). The Hall–Kier alpha value is -1.75. The molecule has 1 aromatic carbocycles. The van der Waals surface area contributed by atoms with E-state index in [-0.39, 0.29) is 17.6 Å². The molecule has 5 nitrogen and oxygen atoms in total. The van der Waals surface area contributed by atoms with E-state index in [4.69, 9.17) is 4.74 Å². The van der Waals surface area contributed by atoms with Crippen LogP contribution in [-0.4, -0.2) is 37.3 Å². The first-order valence-corrected chi connectivity index (χ1v) is 9.20. The number of piperidine rings is 1. The number of phenolic OH excluding ortho intramolecular Hbond substituents is 1. The summed E-state index contributed by atoms with van der Waals surface area (Å²) in [6.45, 7) is 8.32. The number of benzene rings is 1. The van der Waals surface area contributed by atoms with Crippen molar-refractivity contribution in [3.05, 3.63) is 23.8 Å². The van der Waals surface area contributed by atoms with E-state index in [1.54, 1.807) is 6.07 Å². The van der Waals surface area contributed by atoms with Crippen LogP contribution in [-0.2, 0) is 11.3 Å². The Bertz CT molecular complexity index is 525. The Kier molecular flexibility index (Phi) is 7.37. The highest BCUT2D eigenvalue weighted by Gasteiger charge is 2.27. The van der Waals surface area contributed by atoms with Crippen molar-refractivity contribution in [3.8, 4) is 11.5 Å². The zero-order chi connectivity index (χ0) is 17.4. The van der Waals surface area contributed by atoms with E-state index < -0.39 is 0 Å². The minimum absolute atomic E-state index is 0.171. The number of quaternary nitrogens is 1. The quantitative estimate of drug-likeness (QED) is 0.631. The Morgan fingerprint density at radius 2 is 2.08 bits per heavy atom. The number of carbonyl (C=O) groups excluding carboxylic acids is 1. The number of carbonyl (C=O) groups is 1. The third-order valence-electron chi connectivity index (χ3n) is 4.67. The van der Waals surface area contributed by atoms with Crippen molar-refractivity contribution >= 4 is 5.91 Å². The molecule has 3 N–H and O–H groups in total. The average molecular weight is 335 g/mol. The summed E-state index contributed by atoms with van der Waals surface area (Å²) in [5, 5.41) is 12.8. The summed E-state index contributed by atoms with van der Waals surface area (Å²) in [6.07, 6.45) is 4.06. The summed E-state index contributed by atoms with van der Waals surface area (Å²) in [4.78, 5) is 13.6. The normalized spacial score (nSPS) is 20.6. The van der Waals surface area contributed by atoms with E-state index in [0.717, 1.165) is 57.4 Å². The average Bonchev–Trinajstić information content (AvgIpc) is 2.59. The van der Waals surface area contributed by atoms with Gasteiger partial charge in [0.05, 0.1) is 19.7 Å². The fraction of sp³-hybridized carbons (Fsp3) is 0.632. The lowest BCUT2D eigenvalue weighted by molar-refractivity contribution is -0.919. The molecule has 0 spiro atoms. The molecular formula is C19H31N2O3+. The molecule has 5 heteroatoms. The maximum absolute atomic E-state index is 12.1. The largest absolute Gasteiger partial charge is 0.504 e. The van der Waals surface area contributed by atoms with Gasteiger partial charge in [0.25, 0.3) is 0 Å². The van der Waals surface area contributed by atoms with Crippen LogP contribution >= 0.6 is 0 Å². The molecule has 0 radical (unpaired) electrons. The lowest BCUT2D eigenvalue weighted by Crippen LogP contribution is -3.11. The van der Waals surface area contributed by atoms with Gasteiger partial charge in [-0.05, 0) is 31.5 Å². The molecule has 1 aliphatic heterocycles. The Labute approximate surface area is 145 Å². The van der Waals surface area contributed by atoms with Crippen LogP contribution in [0.3, 0.4) is 0 Å². The lowest BCUT2D eigenvalue weighted by atomic mass is 9.95. The number of hydrogen-bond acceptors (Lipinski definition) is 3. The van der Waals surface area contributed by atoms with Gasteiger partial charge in [0, 0.05) is 30.9 Å². The lowest BCUT2D eigenvalue weighted by Gasteiger charge is -2.28. The maximum Gasteiger partial charge on any atom is 0.223 e. The first kappa shape index (κ1) is 18.6. The van der Waals surface area contributed by atoms with Gasteiger partial charge in [-0.25, -0.2) is 0 Å². The minimum Gasteiger partial charge on any atom is -0.504 e. The van der Waals surface area contributed by atoms with E-state index in [1.165, 1.54) is 4.90 Å². The van der Waals surface area contributed by atoms with E-state index in [1.807, 2.05) is 19.1 Å². The monoisotopic (exact) mass is 335 g/mol. The predicted molar refractivity (Wildman–Crippen MR) is 94.3 cm³/mol. The number of phenols is 1. The first-order valence-electron chi connectivity index (χ1n) is 9.20. The van der Waals surface area contributed by atoms with Gasteiger partial charge in [-0.15, -0.1) is 0 Å². The standard InChI is InChI=1S/C19H30N2O3/c1-3-5-10-20-19(23)16-8-11-21(12-9-16)14-15-6-7-17(22)18(13-15)24-4-2/h6-7,13,16,22H,3-5,8-12,14H2,1-2H3,(H,20,23)/p+1. The highest BCUT2D eigenvalue weighted by molar-refractivity contribution is 5.78. The van der Waals surface area contributed by atoms with Crippen molar-refractivity contribution in [1.82, 2.24) is 5.32 Å². The summed E-state index contributed by atoms with van der Waals surface area (Å²) >= 11 is 0. The SMILES string of the molecule is CCCCNC(=O)C1CC[NH+](Cc2ccc(O)c(OCC)c2)CC1. The summed E-state index contributed by atoms with van der Waals surface area (Å²) in [7, 11) is 0. The Morgan fingerprint density at radius 3 is 2.75 bits per heavy atom. The zero-order valence-electron chi connectivity index (χ0n) is 14.9. The third-order valence-corrected chi connectivity index (χ3v) is 4.67. The van der Waals surface area contributed by atoms with Gasteiger partial charge in [-0.1, -0.05) is 13.3 Å². The molecule has 0 saturated carbocycles. The fourth-order valence-electron chi connectivity index (χ4n) is 3.23. The highest BCUT2D eigenvalue weighted by atomic mass is 16.5. The molecule has 0 bridgehead atoms. The second kappa shape index (κ2) is 9.52. The zero-order valence-corrected chi connectivity index (χ0v) is 14.9. The van der Waals surface area contributed by atoms with E-state index in [2.05, 4.69) is 12.2 Å². The highest BCUT2D eigenvalue weighted by Crippen LogP contribution is 2.26. The smallest absolute Gasteiger partial charge is 0.223 e. The number of ether oxygens (including phenoxy) is 1. The molecule has 1 fully saturated rings. The third kappa shape index (κ3) is 5.41. The number of nitrogens with one attached hydrogen (secondary N) is 2. The van der Waals surface area contributed by atoms with Gasteiger partial charge in [0.15, 0.2) is 11.5 Å². The molecule has 1 amide bonds. The Balaban J connectivity index is 1.80. The van der Waals surface area contributed by atoms with Crippen molar-refractivity contribution in [2.75, 3.05) is 26.2 Å². The van der Waals surface area contributed by atoms with Crippen LogP contribution in [0.4, 0.5) is 0 Å². The number of rotatable bonds is 8. The summed E-state index contributed by atoms with van der Waals surface area (Å²) in [5.41, 5.74) is 1.16. The van der Waals surface area contributed by atoms with Crippen LogP contribution in [0, 0.1) is 5.92 Å². The van der Waals surface area contributed by atoms with Crippen LogP contribution in [0.15, 0.2) is 18.2 Å². The molecule has 24 heavy (non-hydrogen) atoms. The van der Waals surface area contributed by atoms with Gasteiger partial charge < -0.3 is 20.1 Å². The van der Waals surface area contributed by atoms with Crippen LogP contribution in [0.25, 0.3) is 0 Å². The number of unbranched alkanes of at least 4 members (excludes halogenated alkanes) is 1. The molecule has 0 unspecified atom stereocenters. The van der Waals surface area contributed by atoms with Crippen molar-refractivity contribution < 1.29 is 19.5 Å². The van der Waals surface area contributed by atoms with Gasteiger partial charge in [-0.2, -0.15) is 0 Å². The van der Waals surface area contributed by atoms with Crippen LogP contribution in [0.1, 0.15) is 45.1 Å². The molecule has 1 saturated heterocycles. The minimum atomic E-state index is 0.171. The number of aromatic hydroxyl groups is 1. The van der Waals surface area contributed by atoms with Crippen LogP contribution in [0.5, 0.6) is 11.5 Å². The number of likely N-dealkylation sites (tertiary alicyclic amines) is 1. The molecule has 0 atom stereocenters. The first-order chi connectivity index (χ1) is 11.6. The van der Waals surface area contributed by atoms with Crippen LogP contribution in [0.2, 0.25) is 0 Å². The molecule has 0 aromatic heterocycles. The summed E-state index contributed by atoms with van der Waals surface area (Å²) < 4.78 is 5.45. The van der Waals surface area contributed by atoms with Gasteiger partial charge in [0.1, 0.15) is 6.54 Å². The molecule has 0 aliphatic carbocycles. The second-order valence-electron chi connectivity index (χ2n) is 6.58. The van der Waals surface area contributed by atoms with E-state index >= 15 is 0 Å². The fourth-order valence-corrected chi connectivity index (χ4v) is 3.23. The predicted octanol–water partition coefficient (Wildman–Crippen LogP) is 1.50. The Morgan fingerprint density at radius 1 is 1.33 bits per heavy atom. The molecular weight excluding hydrogens is 304 g/mol. The van der Waals surface area contributed by atoms with Gasteiger partial charge in [-0.3, -0.25) is 4.79 Å². The summed E-state index contributed by atoms with van der Waals surface area (Å²) in [6, 6.07) is 5.58. The van der Waals surface area contributed by atoms with Crippen molar-refractivity contribution in [2.24, 2.45) is 5.92 Å². The molecule has 134 valence electrons.